The minimum Gasteiger partial charge on any atom is -0.345 e. The number of carbonyl (C=O) groups excluding carboxylic acids is 2. The molecular weight excluding hydrogens is 434 g/mol. The van der Waals surface area contributed by atoms with E-state index < -0.39 is 0 Å². The number of amides is 2. The van der Waals surface area contributed by atoms with E-state index >= 15 is 0 Å². The van der Waals surface area contributed by atoms with Crippen molar-refractivity contribution in [3.63, 3.8) is 0 Å². The van der Waals surface area contributed by atoms with Gasteiger partial charge >= 0.3 is 0 Å². The Kier molecular flexibility index (Phi) is 8.27. The number of carbonyl (C=O) groups is 2. The van der Waals surface area contributed by atoms with Crippen molar-refractivity contribution in [2.24, 2.45) is 0 Å². The van der Waals surface area contributed by atoms with Crippen LogP contribution in [0.3, 0.4) is 0 Å². The third kappa shape index (κ3) is 6.01. The van der Waals surface area contributed by atoms with E-state index in [-0.39, 0.29) is 23.6 Å². The number of benzene rings is 2. The SMILES string of the molecule is CC[C@H](Sc1nnc(CNC(=O)c2cccc(C)c2)n1CC)C(=O)Nc1cccc(C)c1C. The van der Waals surface area contributed by atoms with Crippen molar-refractivity contribution in [1.29, 1.82) is 0 Å². The van der Waals surface area contributed by atoms with E-state index in [4.69, 9.17) is 0 Å². The molecule has 0 aliphatic carbocycles. The van der Waals surface area contributed by atoms with Crippen LogP contribution in [0.15, 0.2) is 47.6 Å². The molecule has 0 spiro atoms. The Hall–Kier alpha value is -3.13. The summed E-state index contributed by atoms with van der Waals surface area (Å²) in [7, 11) is 0. The van der Waals surface area contributed by atoms with Crippen LogP contribution in [0.2, 0.25) is 0 Å². The molecule has 0 saturated heterocycles. The molecule has 0 fully saturated rings. The fraction of sp³-hybridized carbons (Fsp3) is 0.360. The number of hydrogen-bond donors (Lipinski definition) is 2. The average molecular weight is 466 g/mol. The first-order valence-electron chi connectivity index (χ1n) is 11.1. The summed E-state index contributed by atoms with van der Waals surface area (Å²) in [5, 5.41) is 14.9. The lowest BCUT2D eigenvalue weighted by Gasteiger charge is -2.17. The second kappa shape index (κ2) is 11.1. The molecule has 174 valence electrons. The van der Waals surface area contributed by atoms with Crippen LogP contribution in [0, 0.1) is 20.8 Å². The van der Waals surface area contributed by atoms with Gasteiger partial charge in [0.2, 0.25) is 5.91 Å². The van der Waals surface area contributed by atoms with Gasteiger partial charge in [-0.3, -0.25) is 9.59 Å². The summed E-state index contributed by atoms with van der Waals surface area (Å²) < 4.78 is 1.94. The first kappa shape index (κ1) is 24.5. The molecule has 3 aromatic rings. The van der Waals surface area contributed by atoms with Gasteiger partial charge in [-0.1, -0.05) is 48.5 Å². The van der Waals surface area contributed by atoms with Gasteiger partial charge in [0.1, 0.15) is 0 Å². The van der Waals surface area contributed by atoms with Crippen LogP contribution in [-0.4, -0.2) is 31.8 Å². The van der Waals surface area contributed by atoms with E-state index in [0.717, 1.165) is 22.4 Å². The molecular formula is C25H31N5O2S. The third-order valence-electron chi connectivity index (χ3n) is 5.57. The standard InChI is InChI=1S/C25H31N5O2S/c1-6-21(24(32)27-20-13-9-11-17(4)18(20)5)33-25-29-28-22(30(25)7-2)15-26-23(31)19-12-8-10-16(3)14-19/h8-14,21H,6-7,15H2,1-5H3,(H,26,31)(H,27,32)/t21-/m0/s1. The quantitative estimate of drug-likeness (QED) is 0.449. The van der Waals surface area contributed by atoms with E-state index in [1.165, 1.54) is 11.8 Å². The summed E-state index contributed by atoms with van der Waals surface area (Å²) in [6, 6.07) is 13.3. The molecule has 0 bridgehead atoms. The third-order valence-corrected chi connectivity index (χ3v) is 6.92. The summed E-state index contributed by atoms with van der Waals surface area (Å²) in [5.74, 6) is 0.444. The Morgan fingerprint density at radius 3 is 2.52 bits per heavy atom. The zero-order valence-corrected chi connectivity index (χ0v) is 20.6. The predicted octanol–water partition coefficient (Wildman–Crippen LogP) is 4.66. The van der Waals surface area contributed by atoms with E-state index in [9.17, 15) is 9.59 Å². The van der Waals surface area contributed by atoms with Gasteiger partial charge in [0, 0.05) is 17.8 Å². The van der Waals surface area contributed by atoms with Crippen LogP contribution < -0.4 is 10.6 Å². The van der Waals surface area contributed by atoms with Gasteiger partial charge in [-0.05, 0) is 63.4 Å². The fourth-order valence-corrected chi connectivity index (χ4v) is 4.49. The summed E-state index contributed by atoms with van der Waals surface area (Å²) in [6.07, 6.45) is 0.650. The van der Waals surface area contributed by atoms with Crippen LogP contribution in [0.25, 0.3) is 0 Å². The number of aryl methyl sites for hydroxylation is 2. The Morgan fingerprint density at radius 2 is 1.82 bits per heavy atom. The number of rotatable bonds is 9. The zero-order chi connectivity index (χ0) is 24.0. The van der Waals surface area contributed by atoms with Crippen molar-refractivity contribution in [3.05, 3.63) is 70.5 Å². The summed E-state index contributed by atoms with van der Waals surface area (Å²) in [5.41, 5.74) is 4.67. The van der Waals surface area contributed by atoms with Gasteiger partial charge in [-0.2, -0.15) is 0 Å². The first-order valence-corrected chi connectivity index (χ1v) is 12.0. The van der Waals surface area contributed by atoms with Gasteiger partial charge in [-0.25, -0.2) is 0 Å². The number of aromatic nitrogens is 3. The molecule has 0 unspecified atom stereocenters. The Bertz CT molecular complexity index is 1140. The Labute approximate surface area is 199 Å². The smallest absolute Gasteiger partial charge is 0.251 e. The molecule has 1 atom stereocenters. The molecule has 0 aliphatic rings. The van der Waals surface area contributed by atoms with Crippen molar-refractivity contribution in [2.45, 2.75) is 64.5 Å². The normalized spacial score (nSPS) is 11.8. The second-order valence-corrected chi connectivity index (χ2v) is 9.12. The highest BCUT2D eigenvalue weighted by molar-refractivity contribution is 8.00. The van der Waals surface area contributed by atoms with Crippen molar-refractivity contribution >= 4 is 29.3 Å². The molecule has 0 radical (unpaired) electrons. The van der Waals surface area contributed by atoms with Crippen LogP contribution in [0.5, 0.6) is 0 Å². The van der Waals surface area contributed by atoms with E-state index in [1.54, 1.807) is 6.07 Å². The monoisotopic (exact) mass is 465 g/mol. The number of nitrogens with zero attached hydrogens (tertiary/aromatic N) is 3. The lowest BCUT2D eigenvalue weighted by atomic mass is 10.1. The lowest BCUT2D eigenvalue weighted by Crippen LogP contribution is -2.26. The van der Waals surface area contributed by atoms with Gasteiger partial charge in [-0.15, -0.1) is 10.2 Å². The summed E-state index contributed by atoms with van der Waals surface area (Å²) in [6.45, 7) is 10.9. The van der Waals surface area contributed by atoms with Crippen molar-refractivity contribution in [3.8, 4) is 0 Å². The van der Waals surface area contributed by atoms with E-state index in [1.807, 2.05) is 75.6 Å². The summed E-state index contributed by atoms with van der Waals surface area (Å²) >= 11 is 1.40. The fourth-order valence-electron chi connectivity index (χ4n) is 3.45. The number of thioether (sulfide) groups is 1. The zero-order valence-electron chi connectivity index (χ0n) is 19.8. The largest absolute Gasteiger partial charge is 0.345 e. The number of hydrogen-bond acceptors (Lipinski definition) is 5. The molecule has 33 heavy (non-hydrogen) atoms. The molecule has 2 aromatic carbocycles. The molecule has 2 amide bonds. The number of anilines is 1. The maximum Gasteiger partial charge on any atom is 0.251 e. The van der Waals surface area contributed by atoms with E-state index in [0.29, 0.717) is 29.5 Å². The maximum atomic E-state index is 13.0. The molecule has 7 nitrogen and oxygen atoms in total. The van der Waals surface area contributed by atoms with Crippen molar-refractivity contribution in [2.75, 3.05) is 5.32 Å². The van der Waals surface area contributed by atoms with Crippen LogP contribution in [-0.2, 0) is 17.9 Å². The number of nitrogens with one attached hydrogen (secondary N) is 2. The van der Waals surface area contributed by atoms with Gasteiger partial charge in [0.15, 0.2) is 11.0 Å². The van der Waals surface area contributed by atoms with Crippen LogP contribution in [0.4, 0.5) is 5.69 Å². The van der Waals surface area contributed by atoms with Crippen molar-refractivity contribution in [1.82, 2.24) is 20.1 Å². The maximum absolute atomic E-state index is 13.0. The molecule has 1 aromatic heterocycles. The topological polar surface area (TPSA) is 88.9 Å². The molecule has 3 rings (SSSR count). The minimum absolute atomic E-state index is 0.0591. The van der Waals surface area contributed by atoms with Gasteiger partial charge in [0.25, 0.3) is 5.91 Å². The summed E-state index contributed by atoms with van der Waals surface area (Å²) in [4.78, 5) is 25.5. The Morgan fingerprint density at radius 1 is 1.06 bits per heavy atom. The molecule has 0 saturated carbocycles. The van der Waals surface area contributed by atoms with Gasteiger partial charge < -0.3 is 15.2 Å². The van der Waals surface area contributed by atoms with Crippen LogP contribution in [0.1, 0.15) is 53.1 Å². The van der Waals surface area contributed by atoms with Crippen molar-refractivity contribution < 1.29 is 9.59 Å². The molecule has 8 heteroatoms. The highest BCUT2D eigenvalue weighted by atomic mass is 32.2. The highest BCUT2D eigenvalue weighted by Crippen LogP contribution is 2.27. The predicted molar refractivity (Wildman–Crippen MR) is 133 cm³/mol. The lowest BCUT2D eigenvalue weighted by molar-refractivity contribution is -0.115. The first-order chi connectivity index (χ1) is 15.8. The van der Waals surface area contributed by atoms with Gasteiger partial charge in [0.05, 0.1) is 11.8 Å². The van der Waals surface area contributed by atoms with Crippen LogP contribution >= 0.6 is 11.8 Å². The van der Waals surface area contributed by atoms with E-state index in [2.05, 4.69) is 20.8 Å². The Balaban J connectivity index is 1.68. The average Bonchev–Trinajstić information content (AvgIpc) is 3.20. The molecule has 0 aliphatic heterocycles. The molecule has 2 N–H and O–H groups in total. The highest BCUT2D eigenvalue weighted by Gasteiger charge is 2.23. The minimum atomic E-state index is -0.311. The molecule has 1 heterocycles. The second-order valence-electron chi connectivity index (χ2n) is 7.95.